The van der Waals surface area contributed by atoms with Gasteiger partial charge in [0.25, 0.3) is 0 Å². The van der Waals surface area contributed by atoms with Crippen LogP contribution in [0.25, 0.3) is 0 Å². The number of nitrogens with one attached hydrogen (secondary N) is 1. The SMILES string of the molecule is COc1ccc(C(O)CNCCc2ccc(O)cc2)cc1. The van der Waals surface area contributed by atoms with Crippen LogP contribution in [0.4, 0.5) is 0 Å². The van der Waals surface area contributed by atoms with E-state index in [4.69, 9.17) is 4.74 Å². The molecule has 4 nitrogen and oxygen atoms in total. The molecule has 2 aromatic carbocycles. The monoisotopic (exact) mass is 287 g/mol. The number of hydrogen-bond acceptors (Lipinski definition) is 4. The third-order valence-corrected chi connectivity index (χ3v) is 3.37. The highest BCUT2D eigenvalue weighted by Gasteiger charge is 2.06. The number of phenolic OH excluding ortho intramolecular Hbond substituents is 1. The Morgan fingerprint density at radius 2 is 1.71 bits per heavy atom. The van der Waals surface area contributed by atoms with E-state index in [0.717, 1.165) is 29.8 Å². The average molecular weight is 287 g/mol. The summed E-state index contributed by atoms with van der Waals surface area (Å²) in [7, 11) is 1.62. The zero-order valence-corrected chi connectivity index (χ0v) is 12.1. The van der Waals surface area contributed by atoms with E-state index in [2.05, 4.69) is 5.32 Å². The molecule has 21 heavy (non-hydrogen) atoms. The maximum Gasteiger partial charge on any atom is 0.118 e. The Labute approximate surface area is 125 Å². The second-order valence-corrected chi connectivity index (χ2v) is 4.91. The Bertz CT molecular complexity index is 537. The molecule has 0 spiro atoms. The van der Waals surface area contributed by atoms with Crippen LogP contribution in [0.1, 0.15) is 17.2 Å². The molecule has 0 aliphatic heterocycles. The summed E-state index contributed by atoms with van der Waals surface area (Å²) < 4.78 is 5.09. The molecule has 0 radical (unpaired) electrons. The van der Waals surface area contributed by atoms with Gasteiger partial charge in [0.15, 0.2) is 0 Å². The van der Waals surface area contributed by atoms with E-state index in [0.29, 0.717) is 6.54 Å². The first-order valence-electron chi connectivity index (χ1n) is 6.99. The average Bonchev–Trinajstić information content (AvgIpc) is 2.53. The molecule has 1 unspecified atom stereocenters. The second kappa shape index (κ2) is 7.67. The number of rotatable bonds is 7. The molecule has 2 rings (SSSR count). The van der Waals surface area contributed by atoms with Crippen LogP contribution in [0, 0.1) is 0 Å². The van der Waals surface area contributed by atoms with E-state index in [-0.39, 0.29) is 5.75 Å². The van der Waals surface area contributed by atoms with Crippen molar-refractivity contribution in [1.29, 1.82) is 0 Å². The normalized spacial score (nSPS) is 12.1. The lowest BCUT2D eigenvalue weighted by molar-refractivity contribution is 0.175. The molecule has 0 aliphatic carbocycles. The number of ether oxygens (including phenoxy) is 1. The first kappa shape index (κ1) is 15.4. The summed E-state index contributed by atoms with van der Waals surface area (Å²) in [6.07, 6.45) is 0.325. The molecule has 112 valence electrons. The van der Waals surface area contributed by atoms with E-state index in [1.54, 1.807) is 19.2 Å². The fraction of sp³-hybridized carbons (Fsp3) is 0.294. The summed E-state index contributed by atoms with van der Waals surface area (Å²) in [4.78, 5) is 0. The highest BCUT2D eigenvalue weighted by atomic mass is 16.5. The minimum absolute atomic E-state index is 0.279. The molecule has 0 amide bonds. The molecule has 0 bridgehead atoms. The first-order chi connectivity index (χ1) is 10.2. The molecule has 0 fully saturated rings. The molecular weight excluding hydrogens is 266 g/mol. The van der Waals surface area contributed by atoms with E-state index in [9.17, 15) is 10.2 Å². The number of hydrogen-bond donors (Lipinski definition) is 3. The number of benzene rings is 2. The van der Waals surface area contributed by atoms with Crippen molar-refractivity contribution < 1.29 is 14.9 Å². The third kappa shape index (κ3) is 4.77. The lowest BCUT2D eigenvalue weighted by Crippen LogP contribution is -2.23. The van der Waals surface area contributed by atoms with Gasteiger partial charge < -0.3 is 20.3 Å². The molecule has 1 atom stereocenters. The first-order valence-corrected chi connectivity index (χ1v) is 6.99. The zero-order chi connectivity index (χ0) is 15.1. The van der Waals surface area contributed by atoms with Gasteiger partial charge in [0.2, 0.25) is 0 Å². The maximum absolute atomic E-state index is 10.1. The van der Waals surface area contributed by atoms with Gasteiger partial charge >= 0.3 is 0 Å². The smallest absolute Gasteiger partial charge is 0.118 e. The van der Waals surface area contributed by atoms with Gasteiger partial charge in [-0.2, -0.15) is 0 Å². The van der Waals surface area contributed by atoms with Crippen molar-refractivity contribution in [2.45, 2.75) is 12.5 Å². The maximum atomic E-state index is 10.1. The Morgan fingerprint density at radius 1 is 1.05 bits per heavy atom. The van der Waals surface area contributed by atoms with Crippen LogP contribution in [0.2, 0.25) is 0 Å². The molecule has 0 aliphatic rings. The van der Waals surface area contributed by atoms with Crippen molar-refractivity contribution in [2.75, 3.05) is 20.2 Å². The number of methoxy groups -OCH3 is 1. The lowest BCUT2D eigenvalue weighted by atomic mass is 10.1. The van der Waals surface area contributed by atoms with Crippen LogP contribution in [-0.2, 0) is 6.42 Å². The van der Waals surface area contributed by atoms with Crippen LogP contribution >= 0.6 is 0 Å². The predicted octanol–water partition coefficient (Wildman–Crippen LogP) is 2.27. The van der Waals surface area contributed by atoms with Gasteiger partial charge in [-0.05, 0) is 48.4 Å². The highest BCUT2D eigenvalue weighted by Crippen LogP contribution is 2.17. The van der Waals surface area contributed by atoms with Gasteiger partial charge in [-0.15, -0.1) is 0 Å². The van der Waals surface area contributed by atoms with Gasteiger partial charge in [-0.3, -0.25) is 0 Å². The van der Waals surface area contributed by atoms with Crippen molar-refractivity contribution in [3.05, 3.63) is 59.7 Å². The topological polar surface area (TPSA) is 61.7 Å². The van der Waals surface area contributed by atoms with Crippen molar-refractivity contribution in [1.82, 2.24) is 5.32 Å². The minimum Gasteiger partial charge on any atom is -0.508 e. The van der Waals surface area contributed by atoms with Gasteiger partial charge in [0.05, 0.1) is 13.2 Å². The molecule has 4 heteroatoms. The molecule has 2 aromatic rings. The zero-order valence-electron chi connectivity index (χ0n) is 12.1. The van der Waals surface area contributed by atoms with E-state index < -0.39 is 6.10 Å². The number of aliphatic hydroxyl groups excluding tert-OH is 1. The fourth-order valence-electron chi connectivity index (χ4n) is 2.08. The van der Waals surface area contributed by atoms with E-state index in [1.165, 1.54) is 0 Å². The summed E-state index contributed by atoms with van der Waals surface area (Å²) in [6.45, 7) is 1.28. The summed E-state index contributed by atoms with van der Waals surface area (Å²) in [5.74, 6) is 1.06. The summed E-state index contributed by atoms with van der Waals surface area (Å²) in [5, 5.41) is 22.5. The lowest BCUT2D eigenvalue weighted by Gasteiger charge is -2.13. The van der Waals surface area contributed by atoms with Crippen LogP contribution in [0.3, 0.4) is 0 Å². The molecule has 0 saturated carbocycles. The largest absolute Gasteiger partial charge is 0.508 e. The number of aromatic hydroxyl groups is 1. The van der Waals surface area contributed by atoms with Gasteiger partial charge in [-0.25, -0.2) is 0 Å². The second-order valence-electron chi connectivity index (χ2n) is 4.91. The van der Waals surface area contributed by atoms with Crippen molar-refractivity contribution >= 4 is 0 Å². The van der Waals surface area contributed by atoms with Crippen LogP contribution in [-0.4, -0.2) is 30.4 Å². The van der Waals surface area contributed by atoms with Gasteiger partial charge in [-0.1, -0.05) is 24.3 Å². The van der Waals surface area contributed by atoms with Crippen LogP contribution in [0.5, 0.6) is 11.5 Å². The highest BCUT2D eigenvalue weighted by molar-refractivity contribution is 5.28. The standard InChI is InChI=1S/C17H21NO3/c1-21-16-8-4-14(5-9-16)17(20)12-18-11-10-13-2-6-15(19)7-3-13/h2-9,17-20H,10-12H2,1H3. The van der Waals surface area contributed by atoms with Crippen molar-refractivity contribution in [3.8, 4) is 11.5 Å². The Kier molecular flexibility index (Phi) is 5.60. The summed E-state index contributed by atoms with van der Waals surface area (Å²) >= 11 is 0. The number of phenols is 1. The van der Waals surface area contributed by atoms with Crippen molar-refractivity contribution in [3.63, 3.8) is 0 Å². The Balaban J connectivity index is 1.73. The van der Waals surface area contributed by atoms with E-state index >= 15 is 0 Å². The molecule has 0 saturated heterocycles. The Hall–Kier alpha value is -2.04. The molecule has 0 heterocycles. The third-order valence-electron chi connectivity index (χ3n) is 3.37. The fourth-order valence-corrected chi connectivity index (χ4v) is 2.08. The Morgan fingerprint density at radius 3 is 2.33 bits per heavy atom. The van der Waals surface area contributed by atoms with Crippen molar-refractivity contribution in [2.24, 2.45) is 0 Å². The van der Waals surface area contributed by atoms with Crippen LogP contribution in [0.15, 0.2) is 48.5 Å². The van der Waals surface area contributed by atoms with E-state index in [1.807, 2.05) is 36.4 Å². The van der Waals surface area contributed by atoms with Gasteiger partial charge in [0, 0.05) is 6.54 Å². The molecule has 3 N–H and O–H groups in total. The quantitative estimate of drug-likeness (QED) is 0.684. The summed E-state index contributed by atoms with van der Waals surface area (Å²) in [6, 6.07) is 14.6. The van der Waals surface area contributed by atoms with Gasteiger partial charge in [0.1, 0.15) is 11.5 Å². The number of aliphatic hydroxyl groups is 1. The molecule has 0 aromatic heterocycles. The predicted molar refractivity (Wildman–Crippen MR) is 82.6 cm³/mol. The minimum atomic E-state index is -0.532. The summed E-state index contributed by atoms with van der Waals surface area (Å²) in [5.41, 5.74) is 2.02. The molecular formula is C17H21NO3. The van der Waals surface area contributed by atoms with Crippen LogP contribution < -0.4 is 10.1 Å².